The third-order valence-electron chi connectivity index (χ3n) is 10.8. The Morgan fingerprint density at radius 1 is 1.12 bits per heavy atom. The minimum absolute atomic E-state index is 0.0557. The SMILES string of the molecule is C=CCN(Cc1ccccc1)C(=O)[C@H]1[C@H]2C(=O)N([C@@H](CC)CO)C(C(=O)N(CC=C)C3CCCCC3)C23CC(C)[C@]1(C)O3. The molecular formula is C35H49N3O5. The van der Waals surface area contributed by atoms with E-state index in [1.165, 1.54) is 0 Å². The van der Waals surface area contributed by atoms with Gasteiger partial charge in [-0.2, -0.15) is 0 Å². The van der Waals surface area contributed by atoms with E-state index >= 15 is 0 Å². The normalized spacial score (nSPS) is 32.4. The molecular weight excluding hydrogens is 542 g/mol. The number of benzene rings is 1. The van der Waals surface area contributed by atoms with E-state index in [1.807, 2.05) is 49.1 Å². The van der Waals surface area contributed by atoms with Gasteiger partial charge in [-0.3, -0.25) is 14.4 Å². The first-order chi connectivity index (χ1) is 20.7. The monoisotopic (exact) mass is 591 g/mol. The molecule has 4 fully saturated rings. The van der Waals surface area contributed by atoms with Crippen molar-refractivity contribution >= 4 is 17.7 Å². The van der Waals surface area contributed by atoms with E-state index in [0.29, 0.717) is 32.5 Å². The number of nitrogens with zero attached hydrogens (tertiary/aromatic N) is 3. The molecule has 3 saturated heterocycles. The van der Waals surface area contributed by atoms with Crippen molar-refractivity contribution in [2.24, 2.45) is 17.8 Å². The highest BCUT2D eigenvalue weighted by Gasteiger charge is 2.80. The number of carbonyl (C=O) groups excluding carboxylic acids is 3. The molecule has 0 aromatic heterocycles. The number of hydrogen-bond acceptors (Lipinski definition) is 5. The second kappa shape index (κ2) is 12.6. The van der Waals surface area contributed by atoms with Crippen molar-refractivity contribution in [3.8, 4) is 0 Å². The topological polar surface area (TPSA) is 90.4 Å². The van der Waals surface area contributed by atoms with Gasteiger partial charge in [-0.05, 0) is 44.1 Å². The maximum absolute atomic E-state index is 14.8. The van der Waals surface area contributed by atoms with Gasteiger partial charge in [-0.25, -0.2) is 0 Å². The van der Waals surface area contributed by atoms with Gasteiger partial charge in [0, 0.05) is 25.7 Å². The fourth-order valence-corrected chi connectivity index (χ4v) is 8.64. The third kappa shape index (κ3) is 5.14. The molecule has 234 valence electrons. The number of fused-ring (bicyclic) bond motifs is 1. The zero-order valence-corrected chi connectivity index (χ0v) is 26.1. The van der Waals surface area contributed by atoms with Gasteiger partial charge >= 0.3 is 0 Å². The maximum atomic E-state index is 14.8. The Morgan fingerprint density at radius 3 is 2.40 bits per heavy atom. The molecule has 4 aliphatic rings. The van der Waals surface area contributed by atoms with Crippen LogP contribution >= 0.6 is 0 Å². The molecule has 8 heteroatoms. The molecule has 3 unspecified atom stereocenters. The Hall–Kier alpha value is -2.97. The largest absolute Gasteiger partial charge is 0.394 e. The summed E-state index contributed by atoms with van der Waals surface area (Å²) in [6, 6.07) is 8.41. The van der Waals surface area contributed by atoms with E-state index in [0.717, 1.165) is 37.7 Å². The van der Waals surface area contributed by atoms with Crippen LogP contribution in [0.15, 0.2) is 55.6 Å². The first-order valence-corrected chi connectivity index (χ1v) is 16.2. The predicted octanol–water partition coefficient (Wildman–Crippen LogP) is 4.33. The summed E-state index contributed by atoms with van der Waals surface area (Å²) in [6.45, 7) is 14.6. The smallest absolute Gasteiger partial charge is 0.248 e. The van der Waals surface area contributed by atoms with Crippen LogP contribution in [-0.2, 0) is 25.7 Å². The molecule has 7 atom stereocenters. The molecule has 1 aromatic rings. The Bertz CT molecular complexity index is 1210. The van der Waals surface area contributed by atoms with Gasteiger partial charge < -0.3 is 24.5 Å². The molecule has 3 aliphatic heterocycles. The van der Waals surface area contributed by atoms with Crippen LogP contribution in [0.25, 0.3) is 0 Å². The lowest BCUT2D eigenvalue weighted by molar-refractivity contribution is -0.159. The molecule has 1 saturated carbocycles. The van der Waals surface area contributed by atoms with Crippen molar-refractivity contribution < 1.29 is 24.2 Å². The van der Waals surface area contributed by atoms with Crippen LogP contribution in [-0.4, -0.2) is 86.6 Å². The predicted molar refractivity (Wildman–Crippen MR) is 166 cm³/mol. The Kier molecular flexibility index (Phi) is 9.19. The van der Waals surface area contributed by atoms with E-state index in [-0.39, 0.29) is 36.3 Å². The van der Waals surface area contributed by atoms with Gasteiger partial charge in [-0.15, -0.1) is 13.2 Å². The number of likely N-dealkylation sites (tertiary alicyclic amines) is 1. The first-order valence-electron chi connectivity index (χ1n) is 16.2. The molecule has 8 nitrogen and oxygen atoms in total. The Labute approximate surface area is 256 Å². The molecule has 1 N–H and O–H groups in total. The number of carbonyl (C=O) groups is 3. The quantitative estimate of drug-likeness (QED) is 0.366. The van der Waals surface area contributed by atoms with Crippen molar-refractivity contribution in [3.05, 3.63) is 61.2 Å². The number of ether oxygens (including phenoxy) is 1. The van der Waals surface area contributed by atoms with Crippen molar-refractivity contribution in [3.63, 3.8) is 0 Å². The number of aliphatic hydroxyl groups is 1. The average Bonchev–Trinajstić information content (AvgIpc) is 3.53. The summed E-state index contributed by atoms with van der Waals surface area (Å²) < 4.78 is 6.99. The van der Waals surface area contributed by atoms with Gasteiger partial charge in [0.1, 0.15) is 11.6 Å². The molecule has 1 aromatic carbocycles. The number of rotatable bonds is 12. The van der Waals surface area contributed by atoms with Crippen LogP contribution in [0.3, 0.4) is 0 Å². The van der Waals surface area contributed by atoms with Crippen LogP contribution in [0.4, 0.5) is 0 Å². The van der Waals surface area contributed by atoms with Gasteiger partial charge in [0.15, 0.2) is 0 Å². The lowest BCUT2D eigenvalue weighted by Gasteiger charge is -2.42. The standard InChI is InChI=1S/C35H49N3O5/c1-6-19-36(22-25-15-11-9-12-16-25)31(40)28-29-32(41)38(26(8-3)23-39)30(35(29)21-24(4)34(28,5)43-35)33(42)37(20-7-2)27-17-13-10-14-18-27/h6-7,9,11-12,15-16,24,26-30,39H,1-2,8,10,13-14,17-23H2,3-5H3/t24?,26-,28+,29-,30?,34-,35?/m0/s1. The second-order valence-corrected chi connectivity index (χ2v) is 13.3. The van der Waals surface area contributed by atoms with Crippen LogP contribution in [0, 0.1) is 17.8 Å². The van der Waals surface area contributed by atoms with Crippen LogP contribution < -0.4 is 0 Å². The molecule has 1 spiro atoms. The fraction of sp³-hybridized carbons (Fsp3) is 0.629. The van der Waals surface area contributed by atoms with Crippen molar-refractivity contribution in [1.82, 2.24) is 14.7 Å². The minimum atomic E-state index is -1.15. The second-order valence-electron chi connectivity index (χ2n) is 13.3. The number of aliphatic hydroxyl groups excluding tert-OH is 1. The lowest BCUT2D eigenvalue weighted by Crippen LogP contribution is -2.60. The van der Waals surface area contributed by atoms with Crippen molar-refractivity contribution in [1.29, 1.82) is 0 Å². The first kappa shape index (κ1) is 31.5. The van der Waals surface area contributed by atoms with Gasteiger partial charge in [0.25, 0.3) is 0 Å². The summed E-state index contributed by atoms with van der Waals surface area (Å²) in [5, 5.41) is 10.5. The van der Waals surface area contributed by atoms with E-state index in [9.17, 15) is 19.5 Å². The van der Waals surface area contributed by atoms with Gasteiger partial charge in [-0.1, -0.05) is 75.6 Å². The molecule has 2 bridgehead atoms. The number of hydrogen-bond donors (Lipinski definition) is 1. The summed E-state index contributed by atoms with van der Waals surface area (Å²) in [4.78, 5) is 49.4. The molecule has 43 heavy (non-hydrogen) atoms. The summed E-state index contributed by atoms with van der Waals surface area (Å²) in [5.41, 5.74) is -1.07. The zero-order valence-electron chi connectivity index (χ0n) is 26.1. The van der Waals surface area contributed by atoms with E-state index in [1.54, 1.807) is 22.0 Å². The summed E-state index contributed by atoms with van der Waals surface area (Å²) in [6.07, 6.45) is 9.57. The summed E-state index contributed by atoms with van der Waals surface area (Å²) in [5.74, 6) is -2.18. The van der Waals surface area contributed by atoms with Crippen LogP contribution in [0.2, 0.25) is 0 Å². The summed E-state index contributed by atoms with van der Waals surface area (Å²) >= 11 is 0. The lowest BCUT2D eigenvalue weighted by atomic mass is 9.62. The third-order valence-corrected chi connectivity index (χ3v) is 10.8. The van der Waals surface area contributed by atoms with E-state index in [4.69, 9.17) is 4.74 Å². The number of amides is 3. The zero-order chi connectivity index (χ0) is 30.9. The van der Waals surface area contributed by atoms with Crippen molar-refractivity contribution in [2.75, 3.05) is 19.7 Å². The molecule has 5 rings (SSSR count). The van der Waals surface area contributed by atoms with Crippen LogP contribution in [0.1, 0.15) is 71.3 Å². The van der Waals surface area contributed by atoms with E-state index < -0.39 is 35.1 Å². The maximum Gasteiger partial charge on any atom is 0.248 e. The molecule has 1 aliphatic carbocycles. The minimum Gasteiger partial charge on any atom is -0.394 e. The van der Waals surface area contributed by atoms with E-state index in [2.05, 4.69) is 20.1 Å². The average molecular weight is 592 g/mol. The molecule has 0 radical (unpaired) electrons. The van der Waals surface area contributed by atoms with Gasteiger partial charge in [0.2, 0.25) is 17.7 Å². The highest BCUT2D eigenvalue weighted by atomic mass is 16.5. The van der Waals surface area contributed by atoms with Gasteiger partial charge in [0.05, 0.1) is 30.1 Å². The summed E-state index contributed by atoms with van der Waals surface area (Å²) in [7, 11) is 0. The Balaban J connectivity index is 1.58. The van der Waals surface area contributed by atoms with Crippen LogP contribution in [0.5, 0.6) is 0 Å². The highest BCUT2D eigenvalue weighted by molar-refractivity contribution is 5.99. The highest BCUT2D eigenvalue weighted by Crippen LogP contribution is 2.66. The van der Waals surface area contributed by atoms with Crippen molar-refractivity contribution in [2.45, 2.75) is 102 Å². The molecule has 3 amide bonds. The molecule has 3 heterocycles. The fourth-order valence-electron chi connectivity index (χ4n) is 8.64. The Morgan fingerprint density at radius 2 is 1.79 bits per heavy atom.